The number of nitrogens with one attached hydrogen (secondary N) is 2. The molecule has 1 fully saturated rings. The molecule has 20 heavy (non-hydrogen) atoms. The van der Waals surface area contributed by atoms with Crippen molar-refractivity contribution < 1.29 is 19.4 Å². The molecule has 1 heterocycles. The SMILES string of the molecule is O=C(N[C@@H]1CCNC[C@@H]1C(=O)O)OCc1ccccc1. The number of benzene rings is 1. The number of alkyl carbamates (subject to hydrolysis) is 1. The average molecular weight is 278 g/mol. The largest absolute Gasteiger partial charge is 0.481 e. The van der Waals surface area contributed by atoms with Gasteiger partial charge in [-0.05, 0) is 18.5 Å². The highest BCUT2D eigenvalue weighted by molar-refractivity contribution is 5.74. The minimum atomic E-state index is -0.912. The zero-order valence-corrected chi connectivity index (χ0v) is 11.0. The van der Waals surface area contributed by atoms with Crippen LogP contribution in [0.5, 0.6) is 0 Å². The summed E-state index contributed by atoms with van der Waals surface area (Å²) in [6.07, 6.45) is 0.00391. The van der Waals surface area contributed by atoms with Gasteiger partial charge in [-0.15, -0.1) is 0 Å². The summed E-state index contributed by atoms with van der Waals surface area (Å²) in [4.78, 5) is 22.8. The van der Waals surface area contributed by atoms with Gasteiger partial charge in [0.15, 0.2) is 0 Å². The number of aliphatic carboxylic acids is 1. The van der Waals surface area contributed by atoms with Crippen molar-refractivity contribution in [2.75, 3.05) is 13.1 Å². The Morgan fingerprint density at radius 3 is 2.80 bits per heavy atom. The predicted molar refractivity (Wildman–Crippen MR) is 72.2 cm³/mol. The van der Waals surface area contributed by atoms with Crippen LogP contribution in [0.15, 0.2) is 30.3 Å². The summed E-state index contributed by atoms with van der Waals surface area (Å²) in [6, 6.07) is 8.94. The van der Waals surface area contributed by atoms with Gasteiger partial charge in [0, 0.05) is 12.6 Å². The van der Waals surface area contributed by atoms with Gasteiger partial charge in [-0.2, -0.15) is 0 Å². The van der Waals surface area contributed by atoms with Crippen molar-refractivity contribution in [3.8, 4) is 0 Å². The molecule has 1 aromatic carbocycles. The van der Waals surface area contributed by atoms with Gasteiger partial charge >= 0.3 is 12.1 Å². The molecular formula is C14H18N2O4. The van der Waals surface area contributed by atoms with E-state index in [2.05, 4.69) is 10.6 Å². The molecule has 6 nitrogen and oxygen atoms in total. The molecule has 1 aliphatic heterocycles. The van der Waals surface area contributed by atoms with E-state index in [1.807, 2.05) is 30.3 Å². The highest BCUT2D eigenvalue weighted by Gasteiger charge is 2.32. The lowest BCUT2D eigenvalue weighted by Gasteiger charge is -2.29. The Morgan fingerprint density at radius 1 is 1.35 bits per heavy atom. The molecule has 0 unspecified atom stereocenters. The predicted octanol–water partition coefficient (Wildman–Crippen LogP) is 0.976. The second-order valence-corrected chi connectivity index (χ2v) is 4.75. The van der Waals surface area contributed by atoms with E-state index in [-0.39, 0.29) is 6.61 Å². The van der Waals surface area contributed by atoms with Crippen LogP contribution in [0.1, 0.15) is 12.0 Å². The van der Waals surface area contributed by atoms with Crippen molar-refractivity contribution in [2.24, 2.45) is 5.92 Å². The Labute approximate surface area is 117 Å². The molecule has 0 aliphatic carbocycles. The van der Waals surface area contributed by atoms with E-state index >= 15 is 0 Å². The second kappa shape index (κ2) is 6.91. The molecule has 2 rings (SSSR count). The van der Waals surface area contributed by atoms with Crippen LogP contribution < -0.4 is 10.6 Å². The summed E-state index contributed by atoms with van der Waals surface area (Å²) in [5.41, 5.74) is 0.891. The van der Waals surface area contributed by atoms with Crippen molar-refractivity contribution in [1.29, 1.82) is 0 Å². The summed E-state index contributed by atoms with van der Waals surface area (Å²) in [6.45, 7) is 1.22. The Kier molecular flexibility index (Phi) is 4.95. The number of piperidine rings is 1. The highest BCUT2D eigenvalue weighted by atomic mass is 16.5. The molecule has 1 amide bonds. The maximum Gasteiger partial charge on any atom is 0.407 e. The van der Waals surface area contributed by atoms with Crippen molar-refractivity contribution in [1.82, 2.24) is 10.6 Å². The number of carbonyl (C=O) groups is 2. The van der Waals surface area contributed by atoms with Crippen LogP contribution >= 0.6 is 0 Å². The van der Waals surface area contributed by atoms with Crippen LogP contribution in [0.25, 0.3) is 0 Å². The minimum absolute atomic E-state index is 0.176. The smallest absolute Gasteiger partial charge is 0.407 e. The van der Waals surface area contributed by atoms with Crippen LogP contribution in [-0.4, -0.2) is 36.3 Å². The Bertz CT molecular complexity index is 464. The van der Waals surface area contributed by atoms with Crippen LogP contribution in [0.2, 0.25) is 0 Å². The third-order valence-electron chi connectivity index (χ3n) is 3.32. The average Bonchev–Trinajstić information content (AvgIpc) is 2.46. The fourth-order valence-corrected chi connectivity index (χ4v) is 2.21. The summed E-state index contributed by atoms with van der Waals surface area (Å²) in [5, 5.41) is 14.7. The monoisotopic (exact) mass is 278 g/mol. The van der Waals surface area contributed by atoms with Gasteiger partial charge in [-0.1, -0.05) is 30.3 Å². The fourth-order valence-electron chi connectivity index (χ4n) is 2.21. The molecule has 6 heteroatoms. The molecule has 0 radical (unpaired) electrons. The number of carbonyl (C=O) groups excluding carboxylic acids is 1. The van der Waals surface area contributed by atoms with Crippen LogP contribution in [0, 0.1) is 5.92 Å². The lowest BCUT2D eigenvalue weighted by Crippen LogP contribution is -2.52. The lowest BCUT2D eigenvalue weighted by atomic mass is 9.94. The number of hydrogen-bond acceptors (Lipinski definition) is 4. The molecular weight excluding hydrogens is 260 g/mol. The van der Waals surface area contributed by atoms with E-state index in [0.29, 0.717) is 19.5 Å². The first-order valence-electron chi connectivity index (χ1n) is 6.57. The number of hydrogen-bond donors (Lipinski definition) is 3. The standard InChI is InChI=1S/C14H18N2O4/c17-13(18)11-8-15-7-6-12(11)16-14(19)20-9-10-4-2-1-3-5-10/h1-5,11-12,15H,6-9H2,(H,16,19)(H,17,18)/t11-,12+/m0/s1. The third kappa shape index (κ3) is 3.96. The van der Waals surface area contributed by atoms with E-state index in [4.69, 9.17) is 9.84 Å². The lowest BCUT2D eigenvalue weighted by molar-refractivity contribution is -0.143. The number of carboxylic acid groups (broad SMARTS) is 1. The van der Waals surface area contributed by atoms with E-state index in [1.165, 1.54) is 0 Å². The highest BCUT2D eigenvalue weighted by Crippen LogP contribution is 2.12. The fraction of sp³-hybridized carbons (Fsp3) is 0.429. The van der Waals surface area contributed by atoms with E-state index < -0.39 is 24.0 Å². The van der Waals surface area contributed by atoms with Gasteiger partial charge in [-0.25, -0.2) is 4.79 Å². The van der Waals surface area contributed by atoms with E-state index in [0.717, 1.165) is 5.56 Å². The zero-order valence-electron chi connectivity index (χ0n) is 11.0. The van der Waals surface area contributed by atoms with Gasteiger partial charge in [0.2, 0.25) is 0 Å². The van der Waals surface area contributed by atoms with Crippen LogP contribution in [0.3, 0.4) is 0 Å². The Morgan fingerprint density at radius 2 is 2.10 bits per heavy atom. The van der Waals surface area contributed by atoms with Gasteiger partial charge in [-0.3, -0.25) is 4.79 Å². The maximum absolute atomic E-state index is 11.7. The summed E-state index contributed by atoms with van der Waals surface area (Å²) < 4.78 is 5.10. The molecule has 1 aliphatic rings. The van der Waals surface area contributed by atoms with Crippen LogP contribution in [0.4, 0.5) is 4.79 Å². The summed E-state index contributed by atoms with van der Waals surface area (Å²) in [5.74, 6) is -1.53. The molecule has 1 aromatic rings. The molecule has 0 bridgehead atoms. The van der Waals surface area contributed by atoms with Gasteiger partial charge < -0.3 is 20.5 Å². The summed E-state index contributed by atoms with van der Waals surface area (Å²) >= 11 is 0. The Balaban J connectivity index is 1.82. The van der Waals surface area contributed by atoms with E-state index in [1.54, 1.807) is 0 Å². The summed E-state index contributed by atoms with van der Waals surface area (Å²) in [7, 11) is 0. The molecule has 3 N–H and O–H groups in total. The first kappa shape index (κ1) is 14.3. The van der Waals surface area contributed by atoms with E-state index in [9.17, 15) is 9.59 Å². The molecule has 2 atom stereocenters. The van der Waals surface area contributed by atoms with Crippen LogP contribution in [-0.2, 0) is 16.1 Å². The van der Waals surface area contributed by atoms with Crippen molar-refractivity contribution in [2.45, 2.75) is 19.1 Å². The van der Waals surface area contributed by atoms with Crippen molar-refractivity contribution >= 4 is 12.1 Å². The molecule has 1 saturated heterocycles. The maximum atomic E-state index is 11.7. The van der Waals surface area contributed by atoms with Gasteiger partial charge in [0.05, 0.1) is 5.92 Å². The minimum Gasteiger partial charge on any atom is -0.481 e. The quantitative estimate of drug-likeness (QED) is 0.764. The first-order chi connectivity index (χ1) is 9.66. The number of ether oxygens (including phenoxy) is 1. The molecule has 0 saturated carbocycles. The second-order valence-electron chi connectivity index (χ2n) is 4.75. The van der Waals surface area contributed by atoms with Crippen molar-refractivity contribution in [3.05, 3.63) is 35.9 Å². The van der Waals surface area contributed by atoms with Gasteiger partial charge in [0.1, 0.15) is 6.61 Å². The number of carboxylic acids is 1. The zero-order chi connectivity index (χ0) is 14.4. The first-order valence-corrected chi connectivity index (χ1v) is 6.57. The molecule has 108 valence electrons. The normalized spacial score (nSPS) is 22.0. The van der Waals surface area contributed by atoms with Crippen molar-refractivity contribution in [3.63, 3.8) is 0 Å². The number of amides is 1. The molecule has 0 spiro atoms. The molecule has 0 aromatic heterocycles. The topological polar surface area (TPSA) is 87.7 Å². The van der Waals surface area contributed by atoms with Gasteiger partial charge in [0.25, 0.3) is 0 Å². The number of rotatable bonds is 4. The third-order valence-corrected chi connectivity index (χ3v) is 3.32. The Hall–Kier alpha value is -2.08.